The Morgan fingerprint density at radius 1 is 1.12 bits per heavy atom. The molecule has 2 aromatic rings. The van der Waals surface area contributed by atoms with E-state index in [1.165, 1.54) is 25.1 Å². The number of hydrogen-bond acceptors (Lipinski definition) is 5. The number of aliphatic carboxylic acids is 1. The van der Waals surface area contributed by atoms with Crippen molar-refractivity contribution in [3.63, 3.8) is 0 Å². The lowest BCUT2D eigenvalue weighted by molar-refractivity contribution is -0.385. The van der Waals surface area contributed by atoms with Crippen LogP contribution >= 0.6 is 0 Å². The molecule has 0 amide bonds. The summed E-state index contributed by atoms with van der Waals surface area (Å²) in [5, 5.41) is 20.2. The van der Waals surface area contributed by atoms with Gasteiger partial charge in [0.05, 0.1) is 15.5 Å². The number of nitrogens with zero attached hydrogens (tertiary/aromatic N) is 2. The van der Waals surface area contributed by atoms with Crippen molar-refractivity contribution in [1.29, 1.82) is 0 Å². The molecule has 0 radical (unpaired) electrons. The first-order valence-corrected chi connectivity index (χ1v) is 9.05. The number of hydrogen-bond donors (Lipinski definition) is 1. The quantitative estimate of drug-likeness (QED) is 0.610. The molecule has 138 valence electrons. The Kier molecular flexibility index (Phi) is 5.31. The Morgan fingerprint density at radius 3 is 2.31 bits per heavy atom. The maximum atomic E-state index is 13.1. The van der Waals surface area contributed by atoms with Gasteiger partial charge in [-0.25, -0.2) is 8.42 Å². The highest BCUT2D eigenvalue weighted by Gasteiger charge is 2.30. The molecule has 0 aliphatic heterocycles. The number of benzene rings is 2. The van der Waals surface area contributed by atoms with E-state index >= 15 is 0 Å². The first-order chi connectivity index (χ1) is 12.0. The van der Waals surface area contributed by atoms with Gasteiger partial charge in [0.15, 0.2) is 0 Å². The summed E-state index contributed by atoms with van der Waals surface area (Å²) in [6.45, 7) is 4.20. The number of nitro benzene ring substituents is 1. The largest absolute Gasteiger partial charge is 0.480 e. The van der Waals surface area contributed by atoms with Crippen molar-refractivity contribution in [2.24, 2.45) is 0 Å². The Hall–Kier alpha value is -2.94. The summed E-state index contributed by atoms with van der Waals surface area (Å²) in [6, 6.07) is 8.41. The maximum absolute atomic E-state index is 13.1. The standard InChI is InChI=1S/C17H18N2O6S/c1-11-4-7-15(13(3)8-11)18(10-17(20)21)26(24,25)16-9-14(19(22)23)6-5-12(16)2/h4-9H,10H2,1-3H3,(H,20,21). The third kappa shape index (κ3) is 3.83. The summed E-state index contributed by atoms with van der Waals surface area (Å²) in [6.07, 6.45) is 0. The molecule has 8 nitrogen and oxygen atoms in total. The highest BCUT2D eigenvalue weighted by molar-refractivity contribution is 7.93. The molecule has 0 bridgehead atoms. The van der Waals surface area contributed by atoms with Crippen LogP contribution in [0.3, 0.4) is 0 Å². The summed E-state index contributed by atoms with van der Waals surface area (Å²) in [7, 11) is -4.32. The minimum atomic E-state index is -4.32. The zero-order valence-electron chi connectivity index (χ0n) is 14.5. The lowest BCUT2D eigenvalue weighted by atomic mass is 10.1. The molecule has 9 heteroatoms. The normalized spacial score (nSPS) is 11.2. The van der Waals surface area contributed by atoms with E-state index in [9.17, 15) is 28.4 Å². The van der Waals surface area contributed by atoms with Gasteiger partial charge in [0.2, 0.25) is 0 Å². The van der Waals surface area contributed by atoms with Gasteiger partial charge in [0.25, 0.3) is 15.7 Å². The summed E-state index contributed by atoms with van der Waals surface area (Å²) < 4.78 is 27.0. The fourth-order valence-electron chi connectivity index (χ4n) is 2.61. The lowest BCUT2D eigenvalue weighted by Gasteiger charge is -2.25. The number of nitro groups is 1. The number of aryl methyl sites for hydroxylation is 3. The molecule has 0 atom stereocenters. The monoisotopic (exact) mass is 378 g/mol. The fourth-order valence-corrected chi connectivity index (χ4v) is 4.33. The number of non-ortho nitro benzene ring substituents is 1. The van der Waals surface area contributed by atoms with E-state index in [0.717, 1.165) is 15.9 Å². The topological polar surface area (TPSA) is 118 Å². The second kappa shape index (κ2) is 7.12. The van der Waals surface area contributed by atoms with Crippen molar-refractivity contribution in [3.8, 4) is 0 Å². The second-order valence-corrected chi connectivity index (χ2v) is 7.73. The number of anilines is 1. The van der Waals surface area contributed by atoms with Gasteiger partial charge in [-0.05, 0) is 38.0 Å². The van der Waals surface area contributed by atoms with E-state index < -0.39 is 27.5 Å². The van der Waals surface area contributed by atoms with Gasteiger partial charge >= 0.3 is 5.97 Å². The average Bonchev–Trinajstić information content (AvgIpc) is 2.53. The molecule has 2 aromatic carbocycles. The minimum Gasteiger partial charge on any atom is -0.480 e. The highest BCUT2D eigenvalue weighted by atomic mass is 32.2. The van der Waals surface area contributed by atoms with Crippen molar-refractivity contribution < 1.29 is 23.2 Å². The third-order valence-corrected chi connectivity index (χ3v) is 5.75. The minimum absolute atomic E-state index is 0.212. The van der Waals surface area contributed by atoms with Crippen LogP contribution in [-0.4, -0.2) is 31.0 Å². The van der Waals surface area contributed by atoms with Crippen LogP contribution in [0, 0.1) is 30.9 Å². The fraction of sp³-hybridized carbons (Fsp3) is 0.235. The number of carboxylic acids is 1. The van der Waals surface area contributed by atoms with Gasteiger partial charge in [0, 0.05) is 12.1 Å². The smallest absolute Gasteiger partial charge is 0.324 e. The van der Waals surface area contributed by atoms with Crippen molar-refractivity contribution >= 4 is 27.4 Å². The molecule has 0 aromatic heterocycles. The molecule has 0 aliphatic rings. The Morgan fingerprint density at radius 2 is 1.77 bits per heavy atom. The van der Waals surface area contributed by atoms with Crippen molar-refractivity contribution in [2.45, 2.75) is 25.7 Å². The molecule has 26 heavy (non-hydrogen) atoms. The van der Waals surface area contributed by atoms with Gasteiger partial charge in [-0.3, -0.25) is 19.2 Å². The van der Waals surface area contributed by atoms with E-state index in [-0.39, 0.29) is 21.8 Å². The second-order valence-electron chi connectivity index (χ2n) is 5.90. The van der Waals surface area contributed by atoms with Crippen LogP contribution in [0.4, 0.5) is 11.4 Å². The average molecular weight is 378 g/mol. The van der Waals surface area contributed by atoms with Crippen LogP contribution in [0.25, 0.3) is 0 Å². The molecule has 0 spiro atoms. The Bertz CT molecular complexity index is 985. The predicted octanol–water partition coefficient (Wildman–Crippen LogP) is 2.80. The first-order valence-electron chi connectivity index (χ1n) is 7.61. The SMILES string of the molecule is Cc1ccc(N(CC(=O)O)S(=O)(=O)c2cc([N+](=O)[O-])ccc2C)c(C)c1. The van der Waals surface area contributed by atoms with E-state index in [1.807, 2.05) is 6.92 Å². The zero-order valence-corrected chi connectivity index (χ0v) is 15.3. The maximum Gasteiger partial charge on any atom is 0.324 e. The van der Waals surface area contributed by atoms with E-state index in [4.69, 9.17) is 0 Å². The Balaban J connectivity index is 2.69. The summed E-state index contributed by atoms with van der Waals surface area (Å²) in [5.74, 6) is -1.34. The number of rotatable bonds is 6. The predicted molar refractivity (Wildman–Crippen MR) is 95.9 cm³/mol. The first kappa shape index (κ1) is 19.4. The van der Waals surface area contributed by atoms with Crippen LogP contribution in [-0.2, 0) is 14.8 Å². The highest BCUT2D eigenvalue weighted by Crippen LogP contribution is 2.30. The van der Waals surface area contributed by atoms with Crippen LogP contribution in [0.5, 0.6) is 0 Å². The zero-order chi connectivity index (χ0) is 19.6. The molecule has 0 aliphatic carbocycles. The Labute approximate surface area is 150 Å². The van der Waals surface area contributed by atoms with Crippen LogP contribution in [0.1, 0.15) is 16.7 Å². The van der Waals surface area contributed by atoms with Gasteiger partial charge < -0.3 is 5.11 Å². The van der Waals surface area contributed by atoms with Gasteiger partial charge in [-0.2, -0.15) is 0 Å². The van der Waals surface area contributed by atoms with Crippen molar-refractivity contribution in [1.82, 2.24) is 0 Å². The van der Waals surface area contributed by atoms with Crippen LogP contribution in [0.2, 0.25) is 0 Å². The van der Waals surface area contributed by atoms with E-state index in [0.29, 0.717) is 5.56 Å². The van der Waals surface area contributed by atoms with E-state index in [1.54, 1.807) is 19.1 Å². The number of carbonyl (C=O) groups is 1. The molecule has 1 N–H and O–H groups in total. The van der Waals surface area contributed by atoms with Crippen LogP contribution < -0.4 is 4.31 Å². The molecular formula is C17H18N2O6S. The molecule has 0 heterocycles. The molecular weight excluding hydrogens is 360 g/mol. The van der Waals surface area contributed by atoms with Gasteiger partial charge in [0.1, 0.15) is 6.54 Å². The molecule has 0 unspecified atom stereocenters. The summed E-state index contributed by atoms with van der Waals surface area (Å²) in [4.78, 5) is 21.3. The molecule has 0 saturated carbocycles. The molecule has 0 saturated heterocycles. The summed E-state index contributed by atoms with van der Waals surface area (Å²) >= 11 is 0. The lowest BCUT2D eigenvalue weighted by Crippen LogP contribution is -2.36. The molecule has 2 rings (SSSR count). The summed E-state index contributed by atoms with van der Waals surface area (Å²) in [5.41, 5.74) is 1.59. The van der Waals surface area contributed by atoms with Gasteiger partial charge in [-0.15, -0.1) is 0 Å². The van der Waals surface area contributed by atoms with Crippen molar-refractivity contribution in [2.75, 3.05) is 10.8 Å². The van der Waals surface area contributed by atoms with Crippen LogP contribution in [0.15, 0.2) is 41.3 Å². The van der Waals surface area contributed by atoms with E-state index in [2.05, 4.69) is 0 Å². The number of carboxylic acid groups (broad SMARTS) is 1. The molecule has 0 fully saturated rings. The third-order valence-electron chi connectivity index (χ3n) is 3.85. The van der Waals surface area contributed by atoms with Crippen molar-refractivity contribution in [3.05, 3.63) is 63.2 Å². The van der Waals surface area contributed by atoms with Gasteiger partial charge in [-0.1, -0.05) is 23.8 Å². The number of sulfonamides is 1.